The summed E-state index contributed by atoms with van der Waals surface area (Å²) in [4.78, 5) is 0. The van der Waals surface area contributed by atoms with Crippen molar-refractivity contribution >= 4 is 13.3 Å². The zero-order valence-corrected chi connectivity index (χ0v) is 15.3. The lowest BCUT2D eigenvalue weighted by Gasteiger charge is -2.16. The summed E-state index contributed by atoms with van der Waals surface area (Å²) in [7, 11) is -0.0347. The fourth-order valence-corrected chi connectivity index (χ4v) is 3.52. The van der Waals surface area contributed by atoms with Crippen LogP contribution in [0.15, 0.2) is 30.4 Å². The van der Waals surface area contributed by atoms with Crippen molar-refractivity contribution in [2.45, 2.75) is 39.1 Å². The summed E-state index contributed by atoms with van der Waals surface area (Å²) >= 11 is 0. The Morgan fingerprint density at radius 2 is 1.88 bits per heavy atom. The maximum Gasteiger partial charge on any atom is 0.393 e. The largest absolute Gasteiger partial charge is 0.393 e. The minimum Gasteiger partial charge on any atom is -0.207 e. The molecule has 0 N–H and O–H groups in total. The molecule has 0 spiro atoms. The second-order valence-electron chi connectivity index (χ2n) is 6.85. The van der Waals surface area contributed by atoms with Gasteiger partial charge in [0.05, 0.1) is 21.4 Å². The number of alkyl halides is 3. The first-order valence-electron chi connectivity index (χ1n) is 8.96. The van der Waals surface area contributed by atoms with E-state index in [-0.39, 0.29) is 0 Å². The van der Waals surface area contributed by atoms with E-state index in [0.717, 1.165) is 17.3 Å². The molecule has 0 fully saturated rings. The number of hydrogen-bond donors (Lipinski definition) is 0. The van der Waals surface area contributed by atoms with Crippen molar-refractivity contribution in [3.63, 3.8) is 0 Å². The van der Waals surface area contributed by atoms with Gasteiger partial charge in [0.25, 0.3) is 0 Å². The summed E-state index contributed by atoms with van der Waals surface area (Å²) in [6.07, 6.45) is -7.20. The Labute approximate surface area is 145 Å². The molecule has 0 aliphatic rings. The smallest absolute Gasteiger partial charge is 0.207 e. The van der Waals surface area contributed by atoms with E-state index < -0.39 is 32.0 Å². The highest BCUT2D eigenvalue weighted by molar-refractivity contribution is 6.88. The Morgan fingerprint density at radius 1 is 1.25 bits per heavy atom. The number of hydrogen-bond acceptors (Lipinski definition) is 0. The van der Waals surface area contributed by atoms with Crippen molar-refractivity contribution in [1.29, 1.82) is 0 Å². The van der Waals surface area contributed by atoms with Gasteiger partial charge in [-0.1, -0.05) is 31.7 Å². The van der Waals surface area contributed by atoms with E-state index in [9.17, 15) is 17.6 Å². The number of pyridine rings is 1. The summed E-state index contributed by atoms with van der Waals surface area (Å²) in [5.74, 6) is -1.27. The van der Waals surface area contributed by atoms with E-state index in [4.69, 9.17) is 4.11 Å². The Kier molecular flexibility index (Phi) is 3.85. The number of rotatable bonds is 3. The highest BCUT2D eigenvalue weighted by Gasteiger charge is 2.30. The molecule has 0 saturated carbocycles. The molecule has 1 heterocycles. The lowest BCUT2D eigenvalue weighted by Crippen LogP contribution is -2.45. The van der Waals surface area contributed by atoms with E-state index in [0.29, 0.717) is 22.9 Å². The Hall–Kier alpha value is -1.69. The molecule has 1 nitrogen and oxygen atoms in total. The van der Waals surface area contributed by atoms with Crippen molar-refractivity contribution in [3.8, 4) is 11.3 Å². The van der Waals surface area contributed by atoms with Crippen molar-refractivity contribution in [3.05, 3.63) is 47.4 Å². The first-order chi connectivity index (χ1) is 12.1. The monoisotopic (exact) mass is 359 g/mol. The van der Waals surface area contributed by atoms with E-state index in [1.54, 1.807) is 17.7 Å². The van der Waals surface area contributed by atoms with Crippen LogP contribution in [0.5, 0.6) is 0 Å². The van der Waals surface area contributed by atoms with Gasteiger partial charge >= 0.3 is 6.18 Å². The fourth-order valence-electron chi connectivity index (χ4n) is 2.43. The quantitative estimate of drug-likeness (QED) is 0.438. The number of halogens is 4. The van der Waals surface area contributed by atoms with Crippen molar-refractivity contribution in [2.75, 3.05) is 0 Å². The predicted molar refractivity (Wildman–Crippen MR) is 90.5 cm³/mol. The van der Waals surface area contributed by atoms with Gasteiger partial charge in [0, 0.05) is 14.0 Å². The molecule has 0 bridgehead atoms. The van der Waals surface area contributed by atoms with Crippen molar-refractivity contribution in [1.82, 2.24) is 0 Å². The van der Waals surface area contributed by atoms with Crippen LogP contribution in [-0.4, -0.2) is 14.3 Å². The van der Waals surface area contributed by atoms with E-state index in [1.807, 2.05) is 6.20 Å². The van der Waals surface area contributed by atoms with Crippen LogP contribution < -0.4 is 9.75 Å². The molecule has 2 aromatic rings. The Balaban J connectivity index is 2.66. The molecular weight excluding hydrogens is 334 g/mol. The van der Waals surface area contributed by atoms with Crippen LogP contribution in [0.25, 0.3) is 11.3 Å². The van der Waals surface area contributed by atoms with Crippen LogP contribution in [0.3, 0.4) is 0 Å². The predicted octanol–water partition coefficient (Wildman–Crippen LogP) is 4.28. The fraction of sp³-hybridized carbons (Fsp3) is 0.389. The van der Waals surface area contributed by atoms with Gasteiger partial charge in [-0.25, -0.2) is 8.96 Å². The maximum absolute atomic E-state index is 14.5. The lowest BCUT2D eigenvalue weighted by molar-refractivity contribution is -0.659. The van der Waals surface area contributed by atoms with Gasteiger partial charge in [0.1, 0.15) is 12.9 Å². The maximum atomic E-state index is 14.5. The zero-order valence-electron chi connectivity index (χ0n) is 17.3. The molecule has 0 aliphatic heterocycles. The lowest BCUT2D eigenvalue weighted by atomic mass is 9.99. The number of aromatic nitrogens is 1. The molecule has 0 atom stereocenters. The van der Waals surface area contributed by atoms with Gasteiger partial charge in [0.2, 0.25) is 5.69 Å². The van der Waals surface area contributed by atoms with Gasteiger partial charge in [-0.3, -0.25) is 0 Å². The van der Waals surface area contributed by atoms with Gasteiger partial charge in [-0.05, 0) is 24.1 Å². The van der Waals surface area contributed by atoms with Crippen LogP contribution in [0.2, 0.25) is 19.6 Å². The first-order valence-corrected chi connectivity index (χ1v) is 11.0. The first kappa shape index (κ1) is 14.6. The van der Waals surface area contributed by atoms with Crippen LogP contribution in [0, 0.1) is 12.7 Å². The molecule has 0 amide bonds. The van der Waals surface area contributed by atoms with Gasteiger partial charge in [-0.15, -0.1) is 0 Å². The summed E-state index contributed by atoms with van der Waals surface area (Å²) in [6.45, 7) is 7.79. The summed E-state index contributed by atoms with van der Waals surface area (Å²) in [5, 5.41) is 0.914. The normalized spacial score (nSPS) is 15.0. The third-order valence-electron chi connectivity index (χ3n) is 3.74. The van der Waals surface area contributed by atoms with Crippen LogP contribution >= 0.6 is 0 Å². The van der Waals surface area contributed by atoms with Gasteiger partial charge < -0.3 is 0 Å². The SMILES string of the molecule is [2H]c1cc(-c2cc(F)c(C([2H])([2H])C(F)(F)F)cc2C)[n+](C)cc1[Si](C)(C)C. The van der Waals surface area contributed by atoms with Gasteiger partial charge in [-0.2, -0.15) is 13.2 Å². The van der Waals surface area contributed by atoms with Crippen LogP contribution in [0.1, 0.15) is 15.2 Å². The minimum absolute atomic E-state index is 0.301. The van der Waals surface area contributed by atoms with E-state index in [1.165, 1.54) is 6.92 Å². The molecular formula is C18H22F4NSi+. The van der Waals surface area contributed by atoms with Crippen molar-refractivity contribution < 1.29 is 26.2 Å². The molecule has 1 aromatic carbocycles. The Bertz CT molecular complexity index is 890. The third kappa shape index (κ3) is 4.23. The topological polar surface area (TPSA) is 3.88 Å². The van der Waals surface area contributed by atoms with E-state index in [2.05, 4.69) is 19.6 Å². The molecule has 2 rings (SSSR count). The average molecular weight is 359 g/mol. The highest BCUT2D eigenvalue weighted by Crippen LogP contribution is 2.28. The molecule has 130 valence electrons. The molecule has 0 saturated heterocycles. The average Bonchev–Trinajstić information content (AvgIpc) is 2.48. The van der Waals surface area contributed by atoms with Crippen LogP contribution in [0.4, 0.5) is 17.6 Å². The summed E-state index contributed by atoms with van der Waals surface area (Å²) < 4.78 is 77.9. The molecule has 24 heavy (non-hydrogen) atoms. The second-order valence-corrected chi connectivity index (χ2v) is 11.9. The number of benzene rings is 1. The standard InChI is InChI=1S/C18H22F4NSi/c1-12-8-13(10-18(20,21)22)16(19)9-15(12)17-7-6-14(11-23(17)2)24(3,4)5/h6-9,11H,10H2,1-5H3/q+1/i6D,10D2. The third-order valence-corrected chi connectivity index (χ3v) is 5.63. The summed E-state index contributed by atoms with van der Waals surface area (Å²) in [6, 6.07) is 3.69. The molecule has 0 unspecified atom stereocenters. The van der Waals surface area contributed by atoms with E-state index >= 15 is 0 Å². The number of nitrogens with zero attached hydrogens (tertiary/aromatic N) is 1. The molecule has 1 aromatic heterocycles. The van der Waals surface area contributed by atoms with Crippen LogP contribution in [-0.2, 0) is 13.4 Å². The molecule has 0 aliphatic carbocycles. The second kappa shape index (κ2) is 6.31. The molecule has 0 radical (unpaired) electrons. The van der Waals surface area contributed by atoms with Gasteiger partial charge in [0.15, 0.2) is 6.20 Å². The summed E-state index contributed by atoms with van der Waals surface area (Å²) in [5.41, 5.74) is 0.0730. The minimum atomic E-state index is -5.22. The zero-order chi connectivity index (χ0) is 20.9. The number of aryl methyl sites for hydroxylation is 2. The van der Waals surface area contributed by atoms with Crippen molar-refractivity contribution in [2.24, 2.45) is 7.05 Å². The Morgan fingerprint density at radius 3 is 2.42 bits per heavy atom. The highest BCUT2D eigenvalue weighted by atomic mass is 28.3. The molecule has 6 heteroatoms.